The van der Waals surface area contributed by atoms with E-state index in [0.29, 0.717) is 5.56 Å². The van der Waals surface area contributed by atoms with E-state index in [1.165, 1.54) is 11.3 Å². The van der Waals surface area contributed by atoms with Crippen LogP contribution in [0.25, 0.3) is 0 Å². The molecule has 19 heavy (non-hydrogen) atoms. The highest BCUT2D eigenvalue weighted by Crippen LogP contribution is 2.25. The van der Waals surface area contributed by atoms with Gasteiger partial charge in [0.05, 0.1) is 8.95 Å². The molecule has 0 saturated carbocycles. The molecule has 0 aliphatic carbocycles. The monoisotopic (exact) mass is 381 g/mol. The van der Waals surface area contributed by atoms with Crippen molar-refractivity contribution in [2.75, 3.05) is 0 Å². The molecule has 0 amide bonds. The standard InChI is InChI=1S/C15H12INOS/c1-9-3-4-11(5-10(9)2)13(7-17)15(18)12-6-14(16)19-8-12/h3-6,8,13H,1-2H3. The number of carbonyl (C=O) groups is 1. The zero-order chi connectivity index (χ0) is 14.0. The van der Waals surface area contributed by atoms with Gasteiger partial charge in [0.1, 0.15) is 5.92 Å². The van der Waals surface area contributed by atoms with E-state index in [4.69, 9.17) is 0 Å². The molecular weight excluding hydrogens is 369 g/mol. The Morgan fingerprint density at radius 2 is 2.05 bits per heavy atom. The summed E-state index contributed by atoms with van der Waals surface area (Å²) in [7, 11) is 0. The van der Waals surface area contributed by atoms with E-state index in [0.717, 1.165) is 19.6 Å². The molecular formula is C15H12INOS. The summed E-state index contributed by atoms with van der Waals surface area (Å²) >= 11 is 3.70. The van der Waals surface area contributed by atoms with Crippen LogP contribution >= 0.6 is 33.9 Å². The lowest BCUT2D eigenvalue weighted by Gasteiger charge is -2.09. The Morgan fingerprint density at radius 3 is 2.58 bits per heavy atom. The Morgan fingerprint density at radius 1 is 1.32 bits per heavy atom. The number of aryl methyl sites for hydroxylation is 2. The van der Waals surface area contributed by atoms with E-state index in [2.05, 4.69) is 28.7 Å². The van der Waals surface area contributed by atoms with Crippen LogP contribution in [0.1, 0.15) is 33.0 Å². The molecule has 2 nitrogen and oxygen atoms in total. The van der Waals surface area contributed by atoms with Crippen LogP contribution in [0.15, 0.2) is 29.6 Å². The summed E-state index contributed by atoms with van der Waals surface area (Å²) in [6.07, 6.45) is 0. The Balaban J connectivity index is 2.37. The summed E-state index contributed by atoms with van der Waals surface area (Å²) in [5.74, 6) is -0.838. The minimum atomic E-state index is -0.718. The highest BCUT2D eigenvalue weighted by Gasteiger charge is 2.22. The van der Waals surface area contributed by atoms with Crippen molar-refractivity contribution in [3.05, 3.63) is 54.8 Å². The first-order valence-electron chi connectivity index (χ1n) is 5.78. The third kappa shape index (κ3) is 3.04. The molecule has 4 heteroatoms. The third-order valence-electron chi connectivity index (χ3n) is 3.11. The van der Waals surface area contributed by atoms with Crippen molar-refractivity contribution in [1.29, 1.82) is 5.26 Å². The highest BCUT2D eigenvalue weighted by atomic mass is 127. The fourth-order valence-corrected chi connectivity index (χ4v) is 3.17. The molecule has 0 aliphatic heterocycles. The normalized spacial score (nSPS) is 11.9. The fraction of sp³-hybridized carbons (Fsp3) is 0.200. The zero-order valence-corrected chi connectivity index (χ0v) is 13.6. The molecule has 0 saturated heterocycles. The molecule has 96 valence electrons. The van der Waals surface area contributed by atoms with E-state index in [9.17, 15) is 10.1 Å². The predicted molar refractivity (Wildman–Crippen MR) is 85.6 cm³/mol. The van der Waals surface area contributed by atoms with Gasteiger partial charge < -0.3 is 0 Å². The minimum absolute atomic E-state index is 0.120. The van der Waals surface area contributed by atoms with Crippen molar-refractivity contribution in [2.24, 2.45) is 0 Å². The summed E-state index contributed by atoms with van der Waals surface area (Å²) in [4.78, 5) is 12.4. The minimum Gasteiger partial charge on any atom is -0.292 e. The number of benzene rings is 1. The molecule has 0 radical (unpaired) electrons. The van der Waals surface area contributed by atoms with Crippen LogP contribution < -0.4 is 0 Å². The van der Waals surface area contributed by atoms with E-state index in [1.807, 2.05) is 43.5 Å². The van der Waals surface area contributed by atoms with Gasteiger partial charge in [-0.3, -0.25) is 4.79 Å². The van der Waals surface area contributed by atoms with Gasteiger partial charge >= 0.3 is 0 Å². The lowest BCUT2D eigenvalue weighted by atomic mass is 9.91. The smallest absolute Gasteiger partial charge is 0.185 e. The largest absolute Gasteiger partial charge is 0.292 e. The number of halogens is 1. The lowest BCUT2D eigenvalue weighted by molar-refractivity contribution is 0.0979. The van der Waals surface area contributed by atoms with Gasteiger partial charge in [0.25, 0.3) is 0 Å². The summed E-state index contributed by atoms with van der Waals surface area (Å²) in [6, 6.07) is 9.71. The van der Waals surface area contributed by atoms with Crippen molar-refractivity contribution >= 4 is 39.7 Å². The lowest BCUT2D eigenvalue weighted by Crippen LogP contribution is -2.10. The second-order valence-corrected chi connectivity index (χ2v) is 7.21. The van der Waals surface area contributed by atoms with E-state index >= 15 is 0 Å². The molecule has 1 heterocycles. The number of ketones is 1. The Bertz CT molecular complexity index is 669. The average molecular weight is 381 g/mol. The average Bonchev–Trinajstić information content (AvgIpc) is 2.81. The number of nitriles is 1. The Hall–Kier alpha value is -1.19. The number of hydrogen-bond donors (Lipinski definition) is 0. The van der Waals surface area contributed by atoms with Crippen LogP contribution in [0.3, 0.4) is 0 Å². The highest BCUT2D eigenvalue weighted by molar-refractivity contribution is 14.1. The number of thiophene rings is 1. The van der Waals surface area contributed by atoms with Gasteiger partial charge in [0, 0.05) is 10.9 Å². The van der Waals surface area contributed by atoms with E-state index in [-0.39, 0.29) is 5.78 Å². The zero-order valence-electron chi connectivity index (χ0n) is 10.6. The van der Waals surface area contributed by atoms with Crippen molar-refractivity contribution in [1.82, 2.24) is 0 Å². The van der Waals surface area contributed by atoms with Crippen molar-refractivity contribution in [2.45, 2.75) is 19.8 Å². The van der Waals surface area contributed by atoms with Crippen molar-refractivity contribution in [3.8, 4) is 6.07 Å². The van der Waals surface area contributed by atoms with Crippen LogP contribution in [0, 0.1) is 28.1 Å². The second kappa shape index (κ2) is 5.85. The molecule has 2 aromatic rings. The topological polar surface area (TPSA) is 40.9 Å². The van der Waals surface area contributed by atoms with Crippen molar-refractivity contribution in [3.63, 3.8) is 0 Å². The van der Waals surface area contributed by atoms with Crippen molar-refractivity contribution < 1.29 is 4.79 Å². The molecule has 1 aromatic carbocycles. The van der Waals surface area contributed by atoms with E-state index in [1.54, 1.807) is 0 Å². The Kier molecular flexibility index (Phi) is 4.38. The van der Waals surface area contributed by atoms with Gasteiger partial charge in [-0.15, -0.1) is 11.3 Å². The van der Waals surface area contributed by atoms with Crippen LogP contribution in [-0.4, -0.2) is 5.78 Å². The molecule has 0 aliphatic rings. The second-order valence-electron chi connectivity index (χ2n) is 4.41. The third-order valence-corrected chi connectivity index (χ3v) is 4.90. The predicted octanol–water partition coefficient (Wildman–Crippen LogP) is 4.46. The summed E-state index contributed by atoms with van der Waals surface area (Å²) in [6.45, 7) is 4.01. The van der Waals surface area contributed by atoms with Gasteiger partial charge in [-0.25, -0.2) is 0 Å². The molecule has 2 rings (SSSR count). The molecule has 0 fully saturated rings. The molecule has 0 bridgehead atoms. The van der Waals surface area contributed by atoms with Gasteiger partial charge in [-0.05, 0) is 59.2 Å². The number of rotatable bonds is 3. The molecule has 1 unspecified atom stereocenters. The summed E-state index contributed by atoms with van der Waals surface area (Å²) < 4.78 is 1.05. The molecule has 0 N–H and O–H groups in total. The van der Waals surface area contributed by atoms with Gasteiger partial charge in [-0.2, -0.15) is 5.26 Å². The van der Waals surface area contributed by atoms with Gasteiger partial charge in [0.2, 0.25) is 0 Å². The number of hydrogen-bond acceptors (Lipinski definition) is 3. The van der Waals surface area contributed by atoms with Crippen LogP contribution in [-0.2, 0) is 0 Å². The Labute approximate surface area is 130 Å². The van der Waals surface area contributed by atoms with Crippen LogP contribution in [0.5, 0.6) is 0 Å². The van der Waals surface area contributed by atoms with Crippen LogP contribution in [0.2, 0.25) is 0 Å². The van der Waals surface area contributed by atoms with Gasteiger partial charge in [-0.1, -0.05) is 18.2 Å². The number of carbonyl (C=O) groups excluding carboxylic acids is 1. The fourth-order valence-electron chi connectivity index (χ4n) is 1.83. The maximum absolute atomic E-state index is 12.4. The first kappa shape index (κ1) is 14.2. The molecule has 1 atom stereocenters. The summed E-state index contributed by atoms with van der Waals surface area (Å²) in [5, 5.41) is 11.1. The maximum atomic E-state index is 12.4. The SMILES string of the molecule is Cc1ccc(C(C#N)C(=O)c2csc(I)c2)cc1C. The van der Waals surface area contributed by atoms with Crippen LogP contribution in [0.4, 0.5) is 0 Å². The summed E-state index contributed by atoms with van der Waals surface area (Å²) in [5.41, 5.74) is 3.67. The van der Waals surface area contributed by atoms with Gasteiger partial charge in [0.15, 0.2) is 5.78 Å². The molecule has 1 aromatic heterocycles. The number of nitrogens with zero attached hydrogens (tertiary/aromatic N) is 1. The maximum Gasteiger partial charge on any atom is 0.185 e. The quantitative estimate of drug-likeness (QED) is 0.582. The molecule has 0 spiro atoms. The first-order valence-corrected chi connectivity index (χ1v) is 7.74. The van der Waals surface area contributed by atoms with E-state index < -0.39 is 5.92 Å². The number of Topliss-reactive ketones (excluding diaryl/α,β-unsaturated/α-hetero) is 1. The first-order chi connectivity index (χ1) is 9.02.